The number of likely N-dealkylation sites (tertiary alicyclic amines) is 1. The lowest BCUT2D eigenvalue weighted by Gasteiger charge is -2.25. The topological polar surface area (TPSA) is 35.9 Å². The second-order valence-corrected chi connectivity index (χ2v) is 5.48. The van der Waals surface area contributed by atoms with Crippen LogP contribution in [0.1, 0.15) is 18.4 Å². The number of aromatic hydroxyl groups is 1. The lowest BCUT2D eigenvalue weighted by Crippen LogP contribution is -2.36. The van der Waals surface area contributed by atoms with Gasteiger partial charge in [0.05, 0.1) is 7.11 Å². The first-order valence-electron chi connectivity index (χ1n) is 6.85. The highest BCUT2D eigenvalue weighted by Crippen LogP contribution is 2.26. The second kappa shape index (κ2) is 6.26. The zero-order valence-electron chi connectivity index (χ0n) is 12.1. The van der Waals surface area contributed by atoms with Crippen LogP contribution in [0.5, 0.6) is 11.5 Å². The van der Waals surface area contributed by atoms with Gasteiger partial charge in [0, 0.05) is 19.1 Å². The molecule has 1 fully saturated rings. The third kappa shape index (κ3) is 3.61. The monoisotopic (exact) mass is 264 g/mol. The fourth-order valence-corrected chi connectivity index (χ4v) is 2.77. The summed E-state index contributed by atoms with van der Waals surface area (Å²) in [6.45, 7) is 3.17. The molecule has 0 radical (unpaired) electrons. The molecule has 1 saturated heterocycles. The van der Waals surface area contributed by atoms with E-state index in [1.54, 1.807) is 13.2 Å². The van der Waals surface area contributed by atoms with Crippen LogP contribution < -0.4 is 4.74 Å². The van der Waals surface area contributed by atoms with E-state index in [2.05, 4.69) is 23.9 Å². The van der Waals surface area contributed by atoms with Crippen molar-refractivity contribution in [3.8, 4) is 11.5 Å². The summed E-state index contributed by atoms with van der Waals surface area (Å²) < 4.78 is 5.14. The summed E-state index contributed by atoms with van der Waals surface area (Å²) in [5.74, 6) is 0.744. The number of benzene rings is 1. The summed E-state index contributed by atoms with van der Waals surface area (Å²) in [4.78, 5) is 4.77. The highest BCUT2D eigenvalue weighted by atomic mass is 16.5. The Morgan fingerprint density at radius 3 is 2.89 bits per heavy atom. The second-order valence-electron chi connectivity index (χ2n) is 5.48. The summed E-state index contributed by atoms with van der Waals surface area (Å²) in [7, 11) is 5.93. The fourth-order valence-electron chi connectivity index (χ4n) is 2.77. The Hall–Kier alpha value is -1.26. The Morgan fingerprint density at radius 2 is 2.26 bits per heavy atom. The molecule has 4 heteroatoms. The Labute approximate surface area is 115 Å². The maximum Gasteiger partial charge on any atom is 0.160 e. The van der Waals surface area contributed by atoms with Crippen molar-refractivity contribution < 1.29 is 9.84 Å². The minimum Gasteiger partial charge on any atom is -0.504 e. The first-order valence-corrected chi connectivity index (χ1v) is 6.85. The van der Waals surface area contributed by atoms with Gasteiger partial charge in [-0.15, -0.1) is 0 Å². The Balaban J connectivity index is 1.93. The number of methoxy groups -OCH3 is 1. The number of hydrogen-bond acceptors (Lipinski definition) is 4. The summed E-state index contributed by atoms with van der Waals surface area (Å²) in [5, 5.41) is 9.59. The molecular formula is C15H24N2O2. The number of nitrogens with zero attached hydrogens (tertiary/aromatic N) is 2. The number of ether oxygens (including phenoxy) is 1. The van der Waals surface area contributed by atoms with E-state index in [1.807, 2.05) is 12.1 Å². The van der Waals surface area contributed by atoms with Crippen molar-refractivity contribution in [3.63, 3.8) is 0 Å². The average Bonchev–Trinajstić information content (AvgIpc) is 2.77. The molecule has 1 aromatic rings. The molecule has 0 amide bonds. The molecule has 1 atom stereocenters. The van der Waals surface area contributed by atoms with Crippen LogP contribution >= 0.6 is 0 Å². The molecule has 0 spiro atoms. The average molecular weight is 264 g/mol. The third-order valence-corrected chi connectivity index (χ3v) is 3.89. The van der Waals surface area contributed by atoms with Gasteiger partial charge in [0.25, 0.3) is 0 Å². The van der Waals surface area contributed by atoms with Crippen LogP contribution in [0.25, 0.3) is 0 Å². The molecule has 1 aromatic carbocycles. The SMILES string of the molecule is COc1cc(CN(C)CC2CCCN2C)ccc1O. The van der Waals surface area contributed by atoms with Gasteiger partial charge in [0.15, 0.2) is 11.5 Å². The van der Waals surface area contributed by atoms with E-state index in [0.29, 0.717) is 11.8 Å². The normalized spacial score (nSPS) is 20.1. The van der Waals surface area contributed by atoms with Gasteiger partial charge < -0.3 is 19.6 Å². The van der Waals surface area contributed by atoms with Crippen LogP contribution in [0.4, 0.5) is 0 Å². The zero-order valence-corrected chi connectivity index (χ0v) is 12.1. The summed E-state index contributed by atoms with van der Waals surface area (Å²) in [5.41, 5.74) is 1.16. The molecule has 1 N–H and O–H groups in total. The highest BCUT2D eigenvalue weighted by molar-refractivity contribution is 5.41. The van der Waals surface area contributed by atoms with E-state index in [-0.39, 0.29) is 5.75 Å². The first-order chi connectivity index (χ1) is 9.10. The summed E-state index contributed by atoms with van der Waals surface area (Å²) >= 11 is 0. The largest absolute Gasteiger partial charge is 0.504 e. The molecule has 0 aliphatic carbocycles. The smallest absolute Gasteiger partial charge is 0.160 e. The predicted molar refractivity (Wildman–Crippen MR) is 76.6 cm³/mol. The molecule has 106 valence electrons. The van der Waals surface area contributed by atoms with Crippen LogP contribution in [0.3, 0.4) is 0 Å². The molecule has 1 aliphatic rings. The Morgan fingerprint density at radius 1 is 1.47 bits per heavy atom. The molecule has 4 nitrogen and oxygen atoms in total. The molecule has 0 bridgehead atoms. The third-order valence-electron chi connectivity index (χ3n) is 3.89. The quantitative estimate of drug-likeness (QED) is 0.881. The van der Waals surface area contributed by atoms with Crippen molar-refractivity contribution in [1.82, 2.24) is 9.80 Å². The molecule has 1 unspecified atom stereocenters. The van der Waals surface area contributed by atoms with Gasteiger partial charge in [-0.25, -0.2) is 0 Å². The highest BCUT2D eigenvalue weighted by Gasteiger charge is 2.22. The summed E-state index contributed by atoms with van der Waals surface area (Å²) in [6.07, 6.45) is 2.60. The van der Waals surface area contributed by atoms with Gasteiger partial charge in [-0.2, -0.15) is 0 Å². The van der Waals surface area contributed by atoms with Crippen LogP contribution in [0, 0.1) is 0 Å². The number of likely N-dealkylation sites (N-methyl/N-ethyl adjacent to an activating group) is 2. The van der Waals surface area contributed by atoms with E-state index in [1.165, 1.54) is 19.4 Å². The predicted octanol–water partition coefficient (Wildman–Crippen LogP) is 1.93. The number of hydrogen-bond donors (Lipinski definition) is 1. The molecule has 2 rings (SSSR count). The maximum atomic E-state index is 9.59. The van der Waals surface area contributed by atoms with E-state index in [9.17, 15) is 5.11 Å². The molecule has 1 heterocycles. The molecule has 0 aromatic heterocycles. The van der Waals surface area contributed by atoms with E-state index >= 15 is 0 Å². The van der Waals surface area contributed by atoms with Crippen LogP contribution in [-0.4, -0.2) is 55.2 Å². The molecular weight excluding hydrogens is 240 g/mol. The number of phenolic OH excluding ortho intramolecular Hbond substituents is 1. The van der Waals surface area contributed by atoms with E-state index < -0.39 is 0 Å². The van der Waals surface area contributed by atoms with Gasteiger partial charge in [-0.1, -0.05) is 6.07 Å². The van der Waals surface area contributed by atoms with E-state index in [0.717, 1.165) is 18.7 Å². The van der Waals surface area contributed by atoms with Crippen LogP contribution in [0.15, 0.2) is 18.2 Å². The Kier molecular flexibility index (Phi) is 4.66. The number of rotatable bonds is 5. The van der Waals surface area contributed by atoms with E-state index in [4.69, 9.17) is 4.74 Å². The van der Waals surface area contributed by atoms with Crippen molar-refractivity contribution >= 4 is 0 Å². The molecule has 1 aliphatic heterocycles. The fraction of sp³-hybridized carbons (Fsp3) is 0.600. The van der Waals surface area contributed by atoms with Crippen molar-refractivity contribution in [1.29, 1.82) is 0 Å². The van der Waals surface area contributed by atoms with Gasteiger partial charge in [-0.3, -0.25) is 0 Å². The molecule has 19 heavy (non-hydrogen) atoms. The minimum absolute atomic E-state index is 0.199. The lowest BCUT2D eigenvalue weighted by atomic mass is 10.1. The van der Waals surface area contributed by atoms with Gasteiger partial charge in [0.1, 0.15) is 0 Å². The van der Waals surface area contributed by atoms with Crippen LogP contribution in [0.2, 0.25) is 0 Å². The maximum absolute atomic E-state index is 9.59. The minimum atomic E-state index is 0.199. The summed E-state index contributed by atoms with van der Waals surface area (Å²) in [6, 6.07) is 6.23. The first kappa shape index (κ1) is 14.2. The van der Waals surface area contributed by atoms with Gasteiger partial charge in [0.2, 0.25) is 0 Å². The van der Waals surface area contributed by atoms with Crippen LogP contribution in [-0.2, 0) is 6.54 Å². The standard InChI is InChI=1S/C15H24N2O2/c1-16(11-13-5-4-8-17(13)2)10-12-6-7-14(18)15(9-12)19-3/h6-7,9,13,18H,4-5,8,10-11H2,1-3H3. The van der Waals surface area contributed by atoms with Crippen molar-refractivity contribution in [2.75, 3.05) is 34.3 Å². The Bertz CT molecular complexity index is 423. The molecule has 0 saturated carbocycles. The van der Waals surface area contributed by atoms with Crippen molar-refractivity contribution in [2.24, 2.45) is 0 Å². The number of phenols is 1. The van der Waals surface area contributed by atoms with Gasteiger partial charge >= 0.3 is 0 Å². The van der Waals surface area contributed by atoms with Crippen molar-refractivity contribution in [2.45, 2.75) is 25.4 Å². The van der Waals surface area contributed by atoms with Gasteiger partial charge in [-0.05, 0) is 51.2 Å². The zero-order chi connectivity index (χ0) is 13.8. The lowest BCUT2D eigenvalue weighted by molar-refractivity contribution is 0.215. The van der Waals surface area contributed by atoms with Crippen molar-refractivity contribution in [3.05, 3.63) is 23.8 Å².